The highest BCUT2D eigenvalue weighted by Crippen LogP contribution is 2.33. The maximum Gasteiger partial charge on any atom is 0.00104 e. The van der Waals surface area contributed by atoms with Crippen LogP contribution in [-0.4, -0.2) is 12.6 Å². The van der Waals surface area contributed by atoms with Crippen LogP contribution in [0, 0.1) is 11.8 Å². The van der Waals surface area contributed by atoms with Crippen molar-refractivity contribution in [2.24, 2.45) is 11.8 Å². The van der Waals surface area contributed by atoms with Crippen LogP contribution >= 0.6 is 11.3 Å². The van der Waals surface area contributed by atoms with Crippen LogP contribution < -0.4 is 5.32 Å². The molecule has 2 heteroatoms. The number of hydrogen-bond acceptors (Lipinski definition) is 2. The third kappa shape index (κ3) is 4.40. The average molecular weight is 265 g/mol. The van der Waals surface area contributed by atoms with Crippen molar-refractivity contribution in [2.75, 3.05) is 6.54 Å². The highest BCUT2D eigenvalue weighted by molar-refractivity contribution is 7.07. The Hall–Kier alpha value is -0.340. The zero-order chi connectivity index (χ0) is 12.8. The van der Waals surface area contributed by atoms with E-state index in [0.29, 0.717) is 6.04 Å². The van der Waals surface area contributed by atoms with Crippen LogP contribution in [0.3, 0.4) is 0 Å². The normalized spacial score (nSPS) is 24.6. The van der Waals surface area contributed by atoms with Gasteiger partial charge in [-0.15, -0.1) is 0 Å². The highest BCUT2D eigenvalue weighted by Gasteiger charge is 2.24. The lowest BCUT2D eigenvalue weighted by Gasteiger charge is -2.32. The lowest BCUT2D eigenvalue weighted by atomic mass is 9.76. The molecule has 18 heavy (non-hydrogen) atoms. The standard InChI is InChI=1S/C16H27NS/c1-13(2)17-11-16-6-4-3-5-15(16)8-7-14-9-10-18-12-14/h9-10,12-13,15-17H,3-8,11H2,1-2H3. The van der Waals surface area contributed by atoms with Crippen LogP contribution in [0.1, 0.15) is 51.5 Å². The van der Waals surface area contributed by atoms with Crippen LogP contribution in [0.2, 0.25) is 0 Å². The monoisotopic (exact) mass is 265 g/mol. The molecule has 0 bridgehead atoms. The summed E-state index contributed by atoms with van der Waals surface area (Å²) in [5, 5.41) is 8.15. The molecule has 0 radical (unpaired) electrons. The van der Waals surface area contributed by atoms with Crippen LogP contribution in [0.4, 0.5) is 0 Å². The molecule has 0 saturated heterocycles. The molecule has 102 valence electrons. The molecule has 0 amide bonds. The van der Waals surface area contributed by atoms with Crippen molar-refractivity contribution in [3.63, 3.8) is 0 Å². The van der Waals surface area contributed by atoms with Crippen molar-refractivity contribution >= 4 is 11.3 Å². The maximum absolute atomic E-state index is 3.64. The Labute approximate surface area is 116 Å². The molecule has 0 aliphatic heterocycles. The lowest BCUT2D eigenvalue weighted by molar-refractivity contribution is 0.214. The van der Waals surface area contributed by atoms with Gasteiger partial charge in [0.05, 0.1) is 0 Å². The predicted molar refractivity (Wildman–Crippen MR) is 81.2 cm³/mol. The molecule has 1 aliphatic carbocycles. The molecule has 1 N–H and O–H groups in total. The second-order valence-electron chi connectivity index (χ2n) is 6.04. The zero-order valence-corrected chi connectivity index (χ0v) is 12.6. The summed E-state index contributed by atoms with van der Waals surface area (Å²) in [4.78, 5) is 0. The summed E-state index contributed by atoms with van der Waals surface area (Å²) in [6.45, 7) is 5.73. The highest BCUT2D eigenvalue weighted by atomic mass is 32.1. The average Bonchev–Trinajstić information content (AvgIpc) is 2.88. The first-order valence-electron chi connectivity index (χ1n) is 7.50. The molecule has 1 aromatic heterocycles. The van der Waals surface area contributed by atoms with E-state index in [1.165, 1.54) is 45.1 Å². The molecular weight excluding hydrogens is 238 g/mol. The largest absolute Gasteiger partial charge is 0.314 e. The van der Waals surface area contributed by atoms with Crippen molar-refractivity contribution in [1.82, 2.24) is 5.32 Å². The van der Waals surface area contributed by atoms with E-state index in [9.17, 15) is 0 Å². The van der Waals surface area contributed by atoms with Gasteiger partial charge in [-0.25, -0.2) is 0 Å². The molecule has 2 unspecified atom stereocenters. The van der Waals surface area contributed by atoms with E-state index in [1.54, 1.807) is 5.56 Å². The lowest BCUT2D eigenvalue weighted by Crippen LogP contribution is -2.34. The smallest absolute Gasteiger partial charge is 0.00104 e. The summed E-state index contributed by atoms with van der Waals surface area (Å²) >= 11 is 1.83. The third-order valence-corrected chi connectivity index (χ3v) is 4.97. The Kier molecular flexibility index (Phi) is 5.71. The Morgan fingerprint density at radius 1 is 1.28 bits per heavy atom. The number of aryl methyl sites for hydroxylation is 1. The van der Waals surface area contributed by atoms with Crippen LogP contribution in [0.15, 0.2) is 16.8 Å². The summed E-state index contributed by atoms with van der Waals surface area (Å²) in [7, 11) is 0. The van der Waals surface area contributed by atoms with E-state index >= 15 is 0 Å². The maximum atomic E-state index is 3.64. The first-order chi connectivity index (χ1) is 8.75. The Morgan fingerprint density at radius 2 is 2.06 bits per heavy atom. The second-order valence-corrected chi connectivity index (χ2v) is 6.82. The summed E-state index contributed by atoms with van der Waals surface area (Å²) in [6.07, 6.45) is 8.46. The summed E-state index contributed by atoms with van der Waals surface area (Å²) in [5.41, 5.74) is 1.54. The first-order valence-corrected chi connectivity index (χ1v) is 8.44. The fourth-order valence-electron chi connectivity index (χ4n) is 3.11. The number of nitrogens with one attached hydrogen (secondary N) is 1. The van der Waals surface area contributed by atoms with E-state index in [-0.39, 0.29) is 0 Å². The van der Waals surface area contributed by atoms with Gasteiger partial charge >= 0.3 is 0 Å². The molecule has 2 rings (SSSR count). The van der Waals surface area contributed by atoms with Crippen LogP contribution in [0.25, 0.3) is 0 Å². The minimum Gasteiger partial charge on any atom is -0.314 e. The molecule has 0 spiro atoms. The van der Waals surface area contributed by atoms with Crippen molar-refractivity contribution in [3.05, 3.63) is 22.4 Å². The quantitative estimate of drug-likeness (QED) is 0.799. The van der Waals surface area contributed by atoms with Gasteiger partial charge in [0.25, 0.3) is 0 Å². The third-order valence-electron chi connectivity index (χ3n) is 4.24. The SMILES string of the molecule is CC(C)NCC1CCCCC1CCc1ccsc1. The fraction of sp³-hybridized carbons (Fsp3) is 0.750. The van der Waals surface area contributed by atoms with Gasteiger partial charge in [0, 0.05) is 6.04 Å². The van der Waals surface area contributed by atoms with E-state index in [2.05, 4.69) is 36.0 Å². The van der Waals surface area contributed by atoms with Crippen molar-refractivity contribution in [3.8, 4) is 0 Å². The van der Waals surface area contributed by atoms with Crippen LogP contribution in [0.5, 0.6) is 0 Å². The van der Waals surface area contributed by atoms with Gasteiger partial charge in [-0.1, -0.05) is 33.1 Å². The van der Waals surface area contributed by atoms with Gasteiger partial charge in [0.2, 0.25) is 0 Å². The van der Waals surface area contributed by atoms with Gasteiger partial charge in [-0.2, -0.15) is 11.3 Å². The topological polar surface area (TPSA) is 12.0 Å². The van der Waals surface area contributed by atoms with Gasteiger partial charge in [0.1, 0.15) is 0 Å². The van der Waals surface area contributed by atoms with Crippen molar-refractivity contribution in [1.29, 1.82) is 0 Å². The molecular formula is C16H27NS. The second kappa shape index (κ2) is 7.30. The summed E-state index contributed by atoms with van der Waals surface area (Å²) in [6, 6.07) is 2.92. The molecule has 1 aromatic rings. The van der Waals surface area contributed by atoms with E-state index in [4.69, 9.17) is 0 Å². The van der Waals surface area contributed by atoms with Crippen LogP contribution in [-0.2, 0) is 6.42 Å². The molecule has 1 aliphatic rings. The molecule has 0 aromatic carbocycles. The predicted octanol–water partition coefficient (Wildman–Crippen LogP) is 4.49. The number of thiophene rings is 1. The Morgan fingerprint density at radius 3 is 2.72 bits per heavy atom. The van der Waals surface area contributed by atoms with Gasteiger partial charge < -0.3 is 5.32 Å². The van der Waals surface area contributed by atoms with Gasteiger partial charge in [-0.05, 0) is 60.0 Å². The number of hydrogen-bond donors (Lipinski definition) is 1. The van der Waals surface area contributed by atoms with E-state index in [1.807, 2.05) is 11.3 Å². The van der Waals surface area contributed by atoms with Gasteiger partial charge in [0.15, 0.2) is 0 Å². The minimum atomic E-state index is 0.629. The van der Waals surface area contributed by atoms with Gasteiger partial charge in [-0.3, -0.25) is 0 Å². The molecule has 1 heterocycles. The van der Waals surface area contributed by atoms with Crippen molar-refractivity contribution in [2.45, 2.75) is 58.4 Å². The molecule has 1 saturated carbocycles. The molecule has 1 nitrogen and oxygen atoms in total. The Bertz CT molecular complexity index is 318. The van der Waals surface area contributed by atoms with E-state index < -0.39 is 0 Å². The minimum absolute atomic E-state index is 0.629. The fourth-order valence-corrected chi connectivity index (χ4v) is 3.81. The number of rotatable bonds is 6. The molecule has 2 atom stereocenters. The first kappa shape index (κ1) is 14.1. The summed E-state index contributed by atoms with van der Waals surface area (Å²) in [5.74, 6) is 1.87. The van der Waals surface area contributed by atoms with Crippen molar-refractivity contribution < 1.29 is 0 Å². The Balaban J connectivity index is 1.79. The molecule has 1 fully saturated rings. The zero-order valence-electron chi connectivity index (χ0n) is 11.8. The van der Waals surface area contributed by atoms with E-state index in [0.717, 1.165) is 11.8 Å². The summed E-state index contributed by atoms with van der Waals surface area (Å²) < 4.78 is 0.